The minimum Gasteiger partial charge on any atom is -0.507 e. The van der Waals surface area contributed by atoms with Crippen molar-refractivity contribution in [2.75, 3.05) is 13.1 Å². The third-order valence-electron chi connectivity index (χ3n) is 8.18. The lowest BCUT2D eigenvalue weighted by molar-refractivity contribution is 0.0955. The van der Waals surface area contributed by atoms with Crippen molar-refractivity contribution in [2.45, 2.75) is 84.5 Å². The van der Waals surface area contributed by atoms with Crippen molar-refractivity contribution in [3.63, 3.8) is 0 Å². The van der Waals surface area contributed by atoms with Gasteiger partial charge in [-0.2, -0.15) is 0 Å². The molecule has 2 N–H and O–H groups in total. The molecule has 0 aromatic heterocycles. The van der Waals surface area contributed by atoms with Crippen LogP contribution in [0.1, 0.15) is 94.3 Å². The molecule has 1 aliphatic carbocycles. The van der Waals surface area contributed by atoms with Gasteiger partial charge in [0.05, 0.1) is 6.54 Å². The number of phenolic OH excluding ortho intramolecular Hbond substituents is 1. The van der Waals surface area contributed by atoms with Crippen LogP contribution in [0.15, 0.2) is 42.5 Å². The molecule has 1 heterocycles. The fourth-order valence-electron chi connectivity index (χ4n) is 6.18. The van der Waals surface area contributed by atoms with Gasteiger partial charge in [0.1, 0.15) is 11.6 Å². The number of ketones is 1. The molecule has 1 unspecified atom stereocenters. The summed E-state index contributed by atoms with van der Waals surface area (Å²) < 4.78 is 0. The van der Waals surface area contributed by atoms with Crippen LogP contribution in [0.2, 0.25) is 0 Å². The second kappa shape index (κ2) is 9.11. The Morgan fingerprint density at radius 3 is 2.06 bits per heavy atom. The zero-order valence-corrected chi connectivity index (χ0v) is 22.4. The Morgan fingerprint density at radius 1 is 1.00 bits per heavy atom. The zero-order chi connectivity index (χ0) is 25.6. The average Bonchev–Trinajstić information content (AvgIpc) is 3.33. The van der Waals surface area contributed by atoms with Crippen molar-refractivity contribution in [3.05, 3.63) is 64.7 Å². The quantitative estimate of drug-likeness (QED) is 0.464. The molecule has 4 heteroatoms. The fraction of sp³-hybridized carbons (Fsp3) is 0.548. The topological polar surface area (TPSA) is 64.4 Å². The van der Waals surface area contributed by atoms with Gasteiger partial charge in [-0.3, -0.25) is 10.2 Å². The number of carbonyl (C=O) groups excluding carboxylic acids is 1. The predicted molar refractivity (Wildman–Crippen MR) is 144 cm³/mol. The van der Waals surface area contributed by atoms with Gasteiger partial charge in [-0.25, -0.2) is 0 Å². The van der Waals surface area contributed by atoms with Crippen LogP contribution in [0.25, 0.3) is 0 Å². The van der Waals surface area contributed by atoms with Crippen molar-refractivity contribution in [1.29, 1.82) is 5.41 Å². The van der Waals surface area contributed by atoms with Gasteiger partial charge < -0.3 is 10.0 Å². The molecular formula is C31H42N2O2. The van der Waals surface area contributed by atoms with Crippen LogP contribution in [0, 0.1) is 16.7 Å². The lowest BCUT2D eigenvalue weighted by Gasteiger charge is -2.29. The number of carbonyl (C=O) groups is 1. The van der Waals surface area contributed by atoms with E-state index in [-0.39, 0.29) is 34.5 Å². The van der Waals surface area contributed by atoms with E-state index in [1.54, 1.807) is 0 Å². The summed E-state index contributed by atoms with van der Waals surface area (Å²) in [5, 5.41) is 20.2. The van der Waals surface area contributed by atoms with E-state index in [2.05, 4.69) is 65.8 Å². The molecule has 1 atom stereocenters. The molecule has 2 fully saturated rings. The molecule has 1 spiro atoms. The maximum absolute atomic E-state index is 13.7. The second-order valence-electron chi connectivity index (χ2n) is 12.9. The van der Waals surface area contributed by atoms with Gasteiger partial charge in [-0.05, 0) is 53.2 Å². The van der Waals surface area contributed by atoms with Crippen molar-refractivity contribution >= 4 is 11.6 Å². The normalized spacial score (nSPS) is 20.1. The minimum absolute atomic E-state index is 0.0271. The van der Waals surface area contributed by atoms with Crippen molar-refractivity contribution in [3.8, 4) is 5.75 Å². The molecule has 1 aliphatic heterocycles. The molecular weight excluding hydrogens is 432 g/mol. The molecule has 35 heavy (non-hydrogen) atoms. The summed E-state index contributed by atoms with van der Waals surface area (Å²) >= 11 is 0. The van der Waals surface area contributed by atoms with Gasteiger partial charge in [-0.15, -0.1) is 0 Å². The highest BCUT2D eigenvalue weighted by atomic mass is 16.3. The molecule has 0 amide bonds. The molecule has 0 radical (unpaired) electrons. The van der Waals surface area contributed by atoms with E-state index in [1.807, 2.05) is 23.1 Å². The van der Waals surface area contributed by atoms with Crippen LogP contribution >= 0.6 is 0 Å². The number of nitrogens with one attached hydrogen (secondary N) is 1. The molecule has 0 bridgehead atoms. The monoisotopic (exact) mass is 474 g/mol. The third-order valence-corrected chi connectivity index (χ3v) is 8.18. The van der Waals surface area contributed by atoms with Crippen LogP contribution in [-0.4, -0.2) is 34.7 Å². The lowest BCUT2D eigenvalue weighted by Crippen LogP contribution is -2.33. The Bertz CT molecular complexity index is 1060. The average molecular weight is 475 g/mol. The fourth-order valence-corrected chi connectivity index (χ4v) is 6.18. The van der Waals surface area contributed by atoms with Crippen LogP contribution < -0.4 is 0 Å². The van der Waals surface area contributed by atoms with Gasteiger partial charge >= 0.3 is 0 Å². The van der Waals surface area contributed by atoms with Crippen LogP contribution in [-0.2, 0) is 17.3 Å². The highest BCUT2D eigenvalue weighted by Gasteiger charge is 2.51. The van der Waals surface area contributed by atoms with E-state index < -0.39 is 0 Å². The number of nitrogens with zero attached hydrogens (tertiary/aromatic N) is 1. The number of likely N-dealkylation sites (tertiary alicyclic amines) is 1. The largest absolute Gasteiger partial charge is 0.507 e. The Labute approximate surface area is 211 Å². The predicted octanol–water partition coefficient (Wildman–Crippen LogP) is 6.88. The van der Waals surface area contributed by atoms with E-state index in [4.69, 9.17) is 5.41 Å². The van der Waals surface area contributed by atoms with Gasteiger partial charge in [-0.1, -0.05) is 84.7 Å². The number of hydrogen-bond acceptors (Lipinski definition) is 3. The van der Waals surface area contributed by atoms with Crippen LogP contribution in [0.4, 0.5) is 0 Å². The van der Waals surface area contributed by atoms with Gasteiger partial charge in [0.15, 0.2) is 5.78 Å². The summed E-state index contributed by atoms with van der Waals surface area (Å²) in [6.07, 6.45) is 5.56. The SMILES string of the molecule is CC(C)(C)c1cc(C(=O)CN2CC3(CCCC3)C(Cc3ccccc3)C2=N)cc(C(C)(C)C)c1O. The highest BCUT2D eigenvalue weighted by molar-refractivity contribution is 6.01. The molecule has 4 nitrogen and oxygen atoms in total. The van der Waals surface area contributed by atoms with E-state index >= 15 is 0 Å². The number of rotatable bonds is 5. The van der Waals surface area contributed by atoms with Crippen molar-refractivity contribution in [2.24, 2.45) is 11.3 Å². The number of benzene rings is 2. The molecule has 2 aromatic rings. The smallest absolute Gasteiger partial charge is 0.182 e. The first kappa shape index (κ1) is 25.5. The molecule has 4 rings (SSSR count). The Kier molecular flexibility index (Phi) is 6.63. The second-order valence-corrected chi connectivity index (χ2v) is 12.9. The van der Waals surface area contributed by atoms with Gasteiger partial charge in [0.25, 0.3) is 0 Å². The van der Waals surface area contributed by atoms with Gasteiger partial charge in [0.2, 0.25) is 0 Å². The molecule has 2 aliphatic rings. The summed E-state index contributed by atoms with van der Waals surface area (Å²) in [4.78, 5) is 15.7. The summed E-state index contributed by atoms with van der Waals surface area (Å²) in [5.74, 6) is 1.10. The molecule has 2 aromatic carbocycles. The number of Topliss-reactive ketones (excluding diaryl/α,β-unsaturated/α-hetero) is 1. The number of phenols is 1. The maximum Gasteiger partial charge on any atom is 0.182 e. The number of aromatic hydroxyl groups is 1. The molecule has 188 valence electrons. The number of hydrogen-bond donors (Lipinski definition) is 2. The standard InChI is InChI=1S/C31H42N2O2/c1-29(2,3)23-17-22(18-24(27(23)35)30(4,5)6)26(34)19-33-20-31(14-10-11-15-31)25(28(33)32)16-21-12-8-7-9-13-21/h7-9,12-13,17-18,25,32,35H,10-11,14-16,19-20H2,1-6H3. The third kappa shape index (κ3) is 5.03. The number of amidine groups is 1. The van der Waals surface area contributed by atoms with E-state index in [0.717, 1.165) is 36.9 Å². The van der Waals surface area contributed by atoms with Crippen LogP contribution in [0.5, 0.6) is 5.75 Å². The summed E-state index contributed by atoms with van der Waals surface area (Å²) in [7, 11) is 0. The molecule has 1 saturated heterocycles. The Morgan fingerprint density at radius 2 is 1.54 bits per heavy atom. The summed E-state index contributed by atoms with van der Waals surface area (Å²) in [5.41, 5.74) is 3.06. The van der Waals surface area contributed by atoms with Gasteiger partial charge in [0, 0.05) is 29.2 Å². The van der Waals surface area contributed by atoms with E-state index in [1.165, 1.54) is 18.4 Å². The first-order valence-corrected chi connectivity index (χ1v) is 13.1. The lowest BCUT2D eigenvalue weighted by atomic mass is 9.73. The summed E-state index contributed by atoms with van der Waals surface area (Å²) in [6.45, 7) is 13.4. The first-order chi connectivity index (χ1) is 16.3. The summed E-state index contributed by atoms with van der Waals surface area (Å²) in [6, 6.07) is 14.2. The van der Waals surface area contributed by atoms with Crippen molar-refractivity contribution in [1.82, 2.24) is 4.90 Å². The Balaban J connectivity index is 1.63. The zero-order valence-electron chi connectivity index (χ0n) is 22.4. The van der Waals surface area contributed by atoms with Crippen molar-refractivity contribution < 1.29 is 9.90 Å². The van der Waals surface area contributed by atoms with Crippen LogP contribution in [0.3, 0.4) is 0 Å². The highest BCUT2D eigenvalue weighted by Crippen LogP contribution is 2.51. The Hall–Kier alpha value is -2.62. The molecule has 1 saturated carbocycles. The first-order valence-electron chi connectivity index (χ1n) is 13.1. The van der Waals surface area contributed by atoms with E-state index in [9.17, 15) is 9.90 Å². The minimum atomic E-state index is -0.282. The van der Waals surface area contributed by atoms with E-state index in [0.29, 0.717) is 17.1 Å². The maximum atomic E-state index is 13.7.